The van der Waals surface area contributed by atoms with Crippen molar-refractivity contribution in [2.24, 2.45) is 0 Å². The summed E-state index contributed by atoms with van der Waals surface area (Å²) in [6, 6.07) is 55.4. The van der Waals surface area contributed by atoms with Gasteiger partial charge in [0.15, 0.2) is 57.5 Å². The number of methoxy groups -OCH3 is 10. The summed E-state index contributed by atoms with van der Waals surface area (Å²) >= 11 is 0. The summed E-state index contributed by atoms with van der Waals surface area (Å²) < 4.78 is 61.3. The van der Waals surface area contributed by atoms with Crippen LogP contribution in [-0.4, -0.2) is 259 Å². The Bertz CT molecular complexity index is 7140. The predicted molar refractivity (Wildman–Crippen MR) is 553 cm³/mol. The second-order valence-electron chi connectivity index (χ2n) is 35.1. The number of hydrogen-bond acceptors (Lipinski definition) is 30. The molecule has 1 atom stereocenters. The van der Waals surface area contributed by atoms with E-state index in [0.717, 1.165) is 187 Å². The van der Waals surface area contributed by atoms with Crippen LogP contribution in [0.1, 0.15) is 34.1 Å². The summed E-state index contributed by atoms with van der Waals surface area (Å²) in [5.74, 6) is 6.21. The van der Waals surface area contributed by atoms with Gasteiger partial charge in [-0.05, 0) is 192 Å². The number of aromatic nitrogens is 10. The van der Waals surface area contributed by atoms with E-state index in [1.54, 1.807) is 123 Å². The number of anilines is 5. The number of hydrogen-bond donors (Lipinski definition) is 4. The van der Waals surface area contributed by atoms with Gasteiger partial charge < -0.3 is 98.0 Å². The number of rotatable bonds is 21. The van der Waals surface area contributed by atoms with Crippen LogP contribution < -0.4 is 121 Å². The maximum Gasteiger partial charge on any atom is 0.258 e. The Hall–Kier alpha value is -15.3. The molecule has 0 unspecified atom stereocenters. The molecule has 5 aliphatic heterocycles. The molecule has 0 radical (unpaired) electrons. The summed E-state index contributed by atoms with van der Waals surface area (Å²) in [5.41, 5.74) is 14.8. The molecule has 5 aliphatic rings. The van der Waals surface area contributed by atoms with Gasteiger partial charge in [-0.3, -0.25) is 46.0 Å². The normalized spacial score (nSPS) is 15.4. The van der Waals surface area contributed by atoms with Crippen molar-refractivity contribution >= 4 is 56.7 Å². The monoisotopic (exact) mass is 1910 g/mol. The summed E-state index contributed by atoms with van der Waals surface area (Å²) in [5, 5.41) is 13.7. The lowest BCUT2D eigenvalue weighted by Crippen LogP contribution is -2.57. The van der Waals surface area contributed by atoms with E-state index in [1.165, 1.54) is 0 Å². The smallest absolute Gasteiger partial charge is 0.258 e. The summed E-state index contributed by atoms with van der Waals surface area (Å²) in [7, 11) is 15.9. The molecule has 0 spiro atoms. The van der Waals surface area contributed by atoms with E-state index in [9.17, 15) is 24.0 Å². The Morgan fingerprint density at radius 1 is 0.298 bits per heavy atom. The van der Waals surface area contributed by atoms with E-state index < -0.39 is 0 Å². The minimum absolute atomic E-state index is 0.0354. The first-order valence-corrected chi connectivity index (χ1v) is 47.2. The third-order valence-electron chi connectivity index (χ3n) is 25.7. The van der Waals surface area contributed by atoms with Gasteiger partial charge in [0.25, 0.3) is 27.8 Å². The number of likely N-dealkylation sites (N-methyl/N-ethyl adjacent to an activating group) is 1. The fourth-order valence-corrected chi connectivity index (χ4v) is 18.0. The van der Waals surface area contributed by atoms with Crippen LogP contribution in [0.4, 0.5) is 28.4 Å². The van der Waals surface area contributed by atoms with E-state index in [2.05, 4.69) is 103 Å². The largest absolute Gasteiger partial charge is 0.493 e. The van der Waals surface area contributed by atoms with Crippen molar-refractivity contribution in [1.29, 1.82) is 0 Å². The second-order valence-corrected chi connectivity index (χ2v) is 35.1. The number of nitrogens with zero attached hydrogens (tertiary/aromatic N) is 16. The van der Waals surface area contributed by atoms with Gasteiger partial charge in [-0.2, -0.15) is 0 Å². The van der Waals surface area contributed by atoms with Crippen LogP contribution in [0, 0.1) is 0 Å². The fourth-order valence-electron chi connectivity index (χ4n) is 18.0. The average Bonchev–Trinajstić information content (AvgIpc) is 0.847. The van der Waals surface area contributed by atoms with Crippen molar-refractivity contribution in [2.75, 3.05) is 220 Å². The van der Waals surface area contributed by atoms with E-state index in [0.29, 0.717) is 120 Å². The Balaban J connectivity index is 0.000000127. The minimum atomic E-state index is -0.115. The van der Waals surface area contributed by atoms with Crippen molar-refractivity contribution in [2.45, 2.75) is 45.7 Å². The highest BCUT2D eigenvalue weighted by Crippen LogP contribution is 2.38. The molecule has 20 rings (SSSR count). The van der Waals surface area contributed by atoms with Gasteiger partial charge in [-0.25, -0.2) is 24.9 Å². The van der Waals surface area contributed by atoms with Crippen LogP contribution in [0.3, 0.4) is 0 Å². The lowest BCUT2D eigenvalue weighted by Gasteiger charge is -2.40. The third-order valence-corrected chi connectivity index (χ3v) is 25.7. The fraction of sp³-hybridized carbons (Fsp3) is 0.340. The number of fused-ring (bicyclic) bond motifs is 5. The minimum Gasteiger partial charge on any atom is -0.493 e. The lowest BCUT2D eigenvalue weighted by atomic mass is 10.0. The first-order valence-electron chi connectivity index (χ1n) is 47.2. The lowest BCUT2D eigenvalue weighted by molar-refractivity contribution is 0.271. The highest BCUT2D eigenvalue weighted by Gasteiger charge is 2.28. The molecule has 10 aromatic heterocycles. The average molecular weight is 1920 g/mol. The van der Waals surface area contributed by atoms with Gasteiger partial charge >= 0.3 is 0 Å². The molecule has 35 heteroatoms. The van der Waals surface area contributed by atoms with Crippen LogP contribution >= 0.6 is 0 Å². The van der Waals surface area contributed by atoms with Gasteiger partial charge in [0.05, 0.1) is 128 Å². The molecule has 736 valence electrons. The van der Waals surface area contributed by atoms with Crippen LogP contribution in [0.2, 0.25) is 0 Å². The van der Waals surface area contributed by atoms with Crippen molar-refractivity contribution < 1.29 is 47.4 Å². The molecule has 5 aromatic carbocycles. The standard InChI is InChI=1S/2C22H26N4O3.2C21H24N4O3.C20H22N4O3/c1-22(2)14-25(10-9-23-22)16-6-8-20-24-17(12-21(27)26(20)13-16)15-5-7-18(28-3)19(11-15)29-4;1-4-24-9-11-25(12-10-24)17-6-8-21-23-18(14-22(27)26(21)15-17)16-5-7-19(28-2)20(13-16)29-3;1-14-12-24(9-8-22-14)16-5-7-20-23-17(11-21(26)25(20)13-16)15-4-6-18(27-2)19(10-15)28-3;1-27-18-6-4-15(12-19(18)28-2)17-13-21(26)25-14-16(5-7-20(25)23-17)24-10-3-8-22-9-11-24;1-26-17-5-3-14(11-18(17)27-2)16-12-20(25)24-13-15(4-6-19(24)22-16)23-9-7-21-8-10-23/h5-8,11-13,23H,9-10,14H2,1-4H3;5-8,13-15H,4,9-12H2,1-3H3;4-7,10-11,13-14,22H,8-9,12H2,1-3H3;4-7,12-14,22H,3,8-11H2,1-2H3;3-6,11-13,21H,7-10H2,1-2H3/t;;14-;;/m..1../s1. The second kappa shape index (κ2) is 45.1. The molecule has 0 amide bonds. The molecular weight excluding hydrogens is 1790 g/mol. The van der Waals surface area contributed by atoms with E-state index >= 15 is 0 Å². The topological polar surface area (TPSA) is 332 Å². The Morgan fingerprint density at radius 3 is 0.858 bits per heavy atom. The summed E-state index contributed by atoms with van der Waals surface area (Å²) in [6.07, 6.45) is 10.5. The van der Waals surface area contributed by atoms with Gasteiger partial charge in [0, 0.05) is 212 Å². The van der Waals surface area contributed by atoms with Gasteiger partial charge in [0.2, 0.25) is 0 Å². The van der Waals surface area contributed by atoms with Gasteiger partial charge in [0.1, 0.15) is 28.2 Å². The van der Waals surface area contributed by atoms with Crippen molar-refractivity contribution in [3.8, 4) is 114 Å². The third kappa shape index (κ3) is 23.0. The van der Waals surface area contributed by atoms with Gasteiger partial charge in [-0.15, -0.1) is 0 Å². The number of nitrogens with one attached hydrogen (secondary N) is 4. The molecule has 0 saturated carbocycles. The SMILES string of the molecule is CCN1CCN(c2ccc3nc(-c4ccc(OC)c(OC)c4)cc(=O)n3c2)CC1.COc1ccc(-c2cc(=O)n3cc(N4CCCNCC4)ccc3n2)cc1OC.COc1ccc(-c2cc(=O)n3cc(N4CCNC(C)(C)C4)ccc3n2)cc1OC.COc1ccc(-c2cc(=O)n3cc(N4CCNCC4)ccc3n2)cc1OC.COc1ccc(-c2cc(=O)n3cc(N4CCN[C@H](C)C4)ccc3n2)cc1OC. The zero-order valence-corrected chi connectivity index (χ0v) is 82.2. The molecule has 5 saturated heterocycles. The Labute approximate surface area is 817 Å². The Morgan fingerprint density at radius 2 is 0.567 bits per heavy atom. The first kappa shape index (κ1) is 98.7. The number of ether oxygens (including phenoxy) is 10. The molecule has 4 N–H and O–H groups in total. The maximum absolute atomic E-state index is 12.8. The van der Waals surface area contributed by atoms with Crippen molar-refractivity contribution in [1.82, 2.24) is 73.1 Å². The molecule has 15 heterocycles. The molecule has 35 nitrogen and oxygen atoms in total. The molecule has 0 aliphatic carbocycles. The number of benzene rings is 5. The van der Waals surface area contributed by atoms with Gasteiger partial charge in [-0.1, -0.05) is 6.92 Å². The molecular formula is C106H122N20O15. The predicted octanol–water partition coefficient (Wildman–Crippen LogP) is 11.2. The number of piperazine rings is 4. The zero-order chi connectivity index (χ0) is 99.0. The molecule has 15 aromatic rings. The van der Waals surface area contributed by atoms with Crippen LogP contribution in [0.25, 0.3) is 84.5 Å². The van der Waals surface area contributed by atoms with Crippen LogP contribution in [0.15, 0.2) is 237 Å². The molecule has 0 bridgehead atoms. The van der Waals surface area contributed by atoms with Crippen LogP contribution in [0.5, 0.6) is 57.5 Å². The van der Waals surface area contributed by atoms with E-state index in [1.807, 2.05) is 183 Å². The number of pyridine rings is 5. The summed E-state index contributed by atoms with van der Waals surface area (Å²) in [6.45, 7) is 26.9. The van der Waals surface area contributed by atoms with E-state index in [-0.39, 0.29) is 33.3 Å². The maximum atomic E-state index is 12.8. The zero-order valence-electron chi connectivity index (χ0n) is 82.2. The summed E-state index contributed by atoms with van der Waals surface area (Å²) in [4.78, 5) is 101. The first-order chi connectivity index (χ1) is 68.5. The Kier molecular flexibility index (Phi) is 31.6. The van der Waals surface area contributed by atoms with Crippen LogP contribution in [-0.2, 0) is 0 Å². The highest BCUT2D eigenvalue weighted by atomic mass is 16.5. The van der Waals surface area contributed by atoms with E-state index in [4.69, 9.17) is 47.4 Å². The highest BCUT2D eigenvalue weighted by molar-refractivity contribution is 5.72. The van der Waals surface area contributed by atoms with Crippen molar-refractivity contribution in [3.05, 3.63) is 265 Å². The quantitative estimate of drug-likeness (QED) is 0.0519. The molecule has 141 heavy (non-hydrogen) atoms. The molecule has 5 fully saturated rings. The van der Waals surface area contributed by atoms with Crippen molar-refractivity contribution in [3.63, 3.8) is 0 Å².